The van der Waals surface area contributed by atoms with Crippen LogP contribution in [0.1, 0.15) is 30.4 Å². The average molecular weight is 227 g/mol. The molecule has 1 fully saturated rings. The van der Waals surface area contributed by atoms with Crippen LogP contribution in [0, 0.1) is 0 Å². The van der Waals surface area contributed by atoms with E-state index in [1.165, 1.54) is 37.9 Å². The Hall–Kier alpha value is 0.140. The first-order valence-electron chi connectivity index (χ1n) is 5.77. The van der Waals surface area contributed by atoms with Crippen molar-refractivity contribution in [2.45, 2.75) is 32.4 Å². The van der Waals surface area contributed by atoms with E-state index in [4.69, 9.17) is 0 Å². The molecule has 2 nitrogen and oxygen atoms in total. The molecule has 0 N–H and O–H groups in total. The van der Waals surface area contributed by atoms with Gasteiger partial charge in [0.15, 0.2) is 0 Å². The molecular formula is C13H18NNaO. The molecule has 0 atom stereocenters. The van der Waals surface area contributed by atoms with Gasteiger partial charge in [0.05, 0.1) is 0 Å². The summed E-state index contributed by atoms with van der Waals surface area (Å²) < 4.78 is 0. The largest absolute Gasteiger partial charge is 1.00 e. The van der Waals surface area contributed by atoms with Crippen LogP contribution < -0.4 is 34.7 Å². The molecule has 1 aliphatic rings. The summed E-state index contributed by atoms with van der Waals surface area (Å²) in [4.78, 5) is 2.50. The average Bonchev–Trinajstić information content (AvgIpc) is 2.31. The number of hydrogen-bond donors (Lipinski definition) is 0. The summed E-state index contributed by atoms with van der Waals surface area (Å²) in [6.07, 6.45) is 4.04. The maximum absolute atomic E-state index is 10.6. The van der Waals surface area contributed by atoms with Crippen molar-refractivity contribution in [3.8, 4) is 0 Å². The first-order chi connectivity index (χ1) is 7.38. The summed E-state index contributed by atoms with van der Waals surface area (Å²) in [5.74, 6) is 0. The van der Waals surface area contributed by atoms with E-state index in [0.717, 1.165) is 12.1 Å². The van der Waals surface area contributed by atoms with E-state index in [-0.39, 0.29) is 36.2 Å². The van der Waals surface area contributed by atoms with Crippen molar-refractivity contribution in [3.05, 3.63) is 35.4 Å². The van der Waals surface area contributed by atoms with Gasteiger partial charge >= 0.3 is 29.6 Å². The van der Waals surface area contributed by atoms with Crippen LogP contribution in [0.25, 0.3) is 0 Å². The number of hydrogen-bond acceptors (Lipinski definition) is 2. The molecule has 2 rings (SSSR count). The first kappa shape index (κ1) is 14.2. The van der Waals surface area contributed by atoms with E-state index in [1.54, 1.807) is 0 Å². The van der Waals surface area contributed by atoms with E-state index in [0.29, 0.717) is 0 Å². The molecule has 0 amide bonds. The van der Waals surface area contributed by atoms with Gasteiger partial charge in [-0.3, -0.25) is 4.90 Å². The molecule has 0 aliphatic carbocycles. The van der Waals surface area contributed by atoms with Gasteiger partial charge in [0.25, 0.3) is 0 Å². The Balaban J connectivity index is 0.00000128. The van der Waals surface area contributed by atoms with Crippen molar-refractivity contribution in [2.75, 3.05) is 13.1 Å². The van der Waals surface area contributed by atoms with Gasteiger partial charge in [0.1, 0.15) is 0 Å². The third-order valence-electron chi connectivity index (χ3n) is 3.04. The molecule has 0 bridgehead atoms. The predicted molar refractivity (Wildman–Crippen MR) is 59.3 cm³/mol. The number of nitrogens with zero attached hydrogens (tertiary/aromatic N) is 1. The molecule has 16 heavy (non-hydrogen) atoms. The predicted octanol–water partition coefficient (Wildman–Crippen LogP) is -1.46. The number of benzene rings is 1. The molecule has 0 spiro atoms. The Morgan fingerprint density at radius 3 is 2.06 bits per heavy atom. The Morgan fingerprint density at radius 1 is 0.938 bits per heavy atom. The Kier molecular flexibility index (Phi) is 6.62. The van der Waals surface area contributed by atoms with E-state index >= 15 is 0 Å². The maximum atomic E-state index is 10.6. The standard InChI is InChI=1S/C13H18NO.Na/c15-11-13-6-4-12(5-7-13)10-14-8-2-1-3-9-14;/h4-7H,1-3,8-11H2;/q-1;+1. The van der Waals surface area contributed by atoms with Crippen LogP contribution in [0.15, 0.2) is 24.3 Å². The van der Waals surface area contributed by atoms with Crippen LogP contribution in [0.5, 0.6) is 0 Å². The smallest absolute Gasteiger partial charge is 0.851 e. The summed E-state index contributed by atoms with van der Waals surface area (Å²) >= 11 is 0. The number of piperidine rings is 1. The molecule has 1 saturated heterocycles. The molecule has 1 aliphatic heterocycles. The van der Waals surface area contributed by atoms with Crippen LogP contribution in [-0.2, 0) is 13.2 Å². The molecule has 1 heterocycles. The van der Waals surface area contributed by atoms with Crippen LogP contribution in [0.2, 0.25) is 0 Å². The third-order valence-corrected chi connectivity index (χ3v) is 3.04. The van der Waals surface area contributed by atoms with Gasteiger partial charge in [-0.2, -0.15) is 0 Å². The molecule has 0 unspecified atom stereocenters. The zero-order valence-corrected chi connectivity index (χ0v) is 12.1. The van der Waals surface area contributed by atoms with Gasteiger partial charge in [0, 0.05) is 6.54 Å². The van der Waals surface area contributed by atoms with Gasteiger partial charge in [-0.1, -0.05) is 36.2 Å². The number of rotatable bonds is 3. The topological polar surface area (TPSA) is 26.3 Å². The Labute approximate surface area is 120 Å². The fourth-order valence-electron chi connectivity index (χ4n) is 2.12. The summed E-state index contributed by atoms with van der Waals surface area (Å²) in [5.41, 5.74) is 2.21. The molecular weight excluding hydrogens is 209 g/mol. The molecule has 0 aromatic heterocycles. The molecule has 1 aromatic rings. The van der Waals surface area contributed by atoms with Gasteiger partial charge < -0.3 is 5.11 Å². The SMILES string of the molecule is [Na+].[O-]Cc1ccc(CN2CCCCC2)cc1. The van der Waals surface area contributed by atoms with Crippen molar-refractivity contribution >= 4 is 0 Å². The fourth-order valence-corrected chi connectivity index (χ4v) is 2.12. The number of likely N-dealkylation sites (tertiary alicyclic amines) is 1. The monoisotopic (exact) mass is 227 g/mol. The minimum Gasteiger partial charge on any atom is -0.851 e. The maximum Gasteiger partial charge on any atom is 1.00 e. The summed E-state index contributed by atoms with van der Waals surface area (Å²) in [6.45, 7) is 3.38. The van der Waals surface area contributed by atoms with Crippen molar-refractivity contribution in [3.63, 3.8) is 0 Å². The van der Waals surface area contributed by atoms with E-state index < -0.39 is 0 Å². The zero-order chi connectivity index (χ0) is 10.5. The van der Waals surface area contributed by atoms with E-state index in [2.05, 4.69) is 17.0 Å². The molecule has 3 heteroatoms. The van der Waals surface area contributed by atoms with Gasteiger partial charge in [-0.15, -0.1) is 6.61 Å². The van der Waals surface area contributed by atoms with Gasteiger partial charge in [0.2, 0.25) is 0 Å². The van der Waals surface area contributed by atoms with Gasteiger partial charge in [-0.05, 0) is 31.5 Å². The second kappa shape index (κ2) is 7.46. The van der Waals surface area contributed by atoms with Crippen LogP contribution in [-0.4, -0.2) is 18.0 Å². The summed E-state index contributed by atoms with van der Waals surface area (Å²) in [7, 11) is 0. The van der Waals surface area contributed by atoms with Crippen LogP contribution in [0.4, 0.5) is 0 Å². The minimum atomic E-state index is -0.107. The van der Waals surface area contributed by atoms with Crippen molar-refractivity contribution < 1.29 is 34.7 Å². The van der Waals surface area contributed by atoms with Crippen LogP contribution >= 0.6 is 0 Å². The van der Waals surface area contributed by atoms with Gasteiger partial charge in [-0.25, -0.2) is 0 Å². The van der Waals surface area contributed by atoms with Crippen molar-refractivity contribution in [2.24, 2.45) is 0 Å². The Morgan fingerprint density at radius 2 is 1.50 bits per heavy atom. The molecule has 82 valence electrons. The van der Waals surface area contributed by atoms with Crippen LogP contribution in [0.3, 0.4) is 0 Å². The fraction of sp³-hybridized carbons (Fsp3) is 0.538. The van der Waals surface area contributed by atoms with Crippen molar-refractivity contribution in [1.82, 2.24) is 4.90 Å². The Bertz CT molecular complexity index is 293. The summed E-state index contributed by atoms with van der Waals surface area (Å²) in [5, 5.41) is 10.6. The second-order valence-corrected chi connectivity index (χ2v) is 4.30. The minimum absolute atomic E-state index is 0. The second-order valence-electron chi connectivity index (χ2n) is 4.30. The van der Waals surface area contributed by atoms with E-state index in [9.17, 15) is 5.11 Å². The molecule has 0 saturated carbocycles. The van der Waals surface area contributed by atoms with Crippen molar-refractivity contribution in [1.29, 1.82) is 0 Å². The first-order valence-corrected chi connectivity index (χ1v) is 5.77. The quantitative estimate of drug-likeness (QED) is 0.590. The third kappa shape index (κ3) is 4.19. The normalized spacial score (nSPS) is 16.8. The van der Waals surface area contributed by atoms with E-state index in [1.807, 2.05) is 12.1 Å². The zero-order valence-electron chi connectivity index (χ0n) is 10.1. The molecule has 1 aromatic carbocycles. The summed E-state index contributed by atoms with van der Waals surface area (Å²) in [6, 6.07) is 8.07. The molecule has 0 radical (unpaired) electrons.